The minimum Gasteiger partial charge on any atom is -0.384 e. The van der Waals surface area contributed by atoms with Crippen molar-refractivity contribution < 1.29 is 5.11 Å². The van der Waals surface area contributed by atoms with Gasteiger partial charge >= 0.3 is 0 Å². The zero-order valence-corrected chi connectivity index (χ0v) is 9.35. The Morgan fingerprint density at radius 1 is 1.17 bits per heavy atom. The summed E-state index contributed by atoms with van der Waals surface area (Å²) in [7, 11) is 0. The fourth-order valence-electron chi connectivity index (χ4n) is 1.86. The van der Waals surface area contributed by atoms with Crippen LogP contribution in [0.3, 0.4) is 0 Å². The Bertz CT molecular complexity index is 743. The van der Waals surface area contributed by atoms with Gasteiger partial charge in [-0.1, -0.05) is 12.1 Å². The maximum atomic E-state index is 9.92. The molecule has 0 aliphatic rings. The largest absolute Gasteiger partial charge is 0.384 e. The first kappa shape index (κ1) is 10.7. The summed E-state index contributed by atoms with van der Waals surface area (Å²) >= 11 is 0. The van der Waals surface area contributed by atoms with Gasteiger partial charge in [0.05, 0.1) is 6.10 Å². The fourth-order valence-corrected chi connectivity index (χ4v) is 1.86. The third-order valence-corrected chi connectivity index (χ3v) is 2.72. The molecule has 3 rings (SSSR count). The third kappa shape index (κ3) is 1.51. The molecule has 2 aromatic heterocycles. The van der Waals surface area contributed by atoms with E-state index in [0.717, 1.165) is 5.39 Å². The van der Waals surface area contributed by atoms with E-state index in [1.165, 1.54) is 6.08 Å². The SMILES string of the molecule is C=CC(O)c1cc2cccnnc2c2nnnc12. The molecule has 1 N–H and O–H groups in total. The Kier molecular flexibility index (Phi) is 2.42. The normalized spacial score (nSPS) is 12.7. The van der Waals surface area contributed by atoms with Gasteiger partial charge in [-0.15, -0.1) is 21.9 Å². The highest BCUT2D eigenvalue weighted by Gasteiger charge is 2.15. The molecule has 0 radical (unpaired) electrons. The first-order valence-corrected chi connectivity index (χ1v) is 5.35. The molecule has 2 heterocycles. The van der Waals surface area contributed by atoms with Gasteiger partial charge < -0.3 is 5.11 Å². The van der Waals surface area contributed by atoms with Crippen molar-refractivity contribution in [2.45, 2.75) is 6.10 Å². The molecular weight excluding hydrogens is 230 g/mol. The minimum atomic E-state index is -0.811. The van der Waals surface area contributed by atoms with Crippen molar-refractivity contribution >= 4 is 21.9 Å². The van der Waals surface area contributed by atoms with Gasteiger partial charge in [0.25, 0.3) is 0 Å². The van der Waals surface area contributed by atoms with Crippen LogP contribution in [0.5, 0.6) is 0 Å². The predicted octanol–water partition coefficient (Wildman–Crippen LogP) is 1.19. The van der Waals surface area contributed by atoms with Crippen molar-refractivity contribution in [2.24, 2.45) is 0 Å². The van der Waals surface area contributed by atoms with E-state index in [0.29, 0.717) is 22.1 Å². The van der Waals surface area contributed by atoms with E-state index in [1.54, 1.807) is 18.3 Å². The Morgan fingerprint density at radius 2 is 2.00 bits per heavy atom. The molecule has 18 heavy (non-hydrogen) atoms. The zero-order chi connectivity index (χ0) is 12.5. The third-order valence-electron chi connectivity index (χ3n) is 2.72. The molecule has 6 nitrogen and oxygen atoms in total. The smallest absolute Gasteiger partial charge is 0.144 e. The summed E-state index contributed by atoms with van der Waals surface area (Å²) in [5, 5.41) is 30.2. The molecule has 0 bridgehead atoms. The van der Waals surface area contributed by atoms with Crippen molar-refractivity contribution in [1.29, 1.82) is 0 Å². The highest BCUT2D eigenvalue weighted by Crippen LogP contribution is 2.27. The van der Waals surface area contributed by atoms with Crippen LogP contribution in [0.1, 0.15) is 11.7 Å². The van der Waals surface area contributed by atoms with Crippen LogP contribution in [0.2, 0.25) is 0 Å². The van der Waals surface area contributed by atoms with E-state index in [4.69, 9.17) is 0 Å². The van der Waals surface area contributed by atoms with E-state index < -0.39 is 6.10 Å². The molecule has 1 unspecified atom stereocenters. The molecule has 1 aromatic carbocycles. The van der Waals surface area contributed by atoms with Crippen molar-refractivity contribution in [3.05, 3.63) is 42.6 Å². The zero-order valence-electron chi connectivity index (χ0n) is 9.35. The first-order valence-electron chi connectivity index (χ1n) is 5.35. The number of hydrogen-bond acceptors (Lipinski definition) is 6. The van der Waals surface area contributed by atoms with E-state index in [2.05, 4.69) is 32.2 Å². The second-order valence-electron chi connectivity index (χ2n) is 3.79. The van der Waals surface area contributed by atoms with Gasteiger partial charge in [-0.05, 0) is 17.3 Å². The van der Waals surface area contributed by atoms with Crippen molar-refractivity contribution in [2.75, 3.05) is 0 Å². The Hall–Kier alpha value is -2.47. The van der Waals surface area contributed by atoms with E-state index >= 15 is 0 Å². The van der Waals surface area contributed by atoms with Crippen LogP contribution >= 0.6 is 0 Å². The lowest BCUT2D eigenvalue weighted by Crippen LogP contribution is -1.95. The summed E-state index contributed by atoms with van der Waals surface area (Å²) in [6, 6.07) is 5.42. The predicted molar refractivity (Wildman–Crippen MR) is 65.6 cm³/mol. The standard InChI is InChI=1S/C12H9N5O/c1-2-9(18)8-6-7-4-3-5-13-14-10(7)12-11(8)15-17-16-12/h2-6,9,18H,1H2. The molecule has 0 aliphatic heterocycles. The van der Waals surface area contributed by atoms with Crippen LogP contribution in [0.4, 0.5) is 0 Å². The maximum Gasteiger partial charge on any atom is 0.144 e. The number of aliphatic hydroxyl groups excluding tert-OH is 1. The molecule has 3 aromatic rings. The van der Waals surface area contributed by atoms with Crippen molar-refractivity contribution in [3.63, 3.8) is 0 Å². The average Bonchev–Trinajstić information content (AvgIpc) is 2.76. The van der Waals surface area contributed by atoms with Gasteiger partial charge in [-0.2, -0.15) is 5.10 Å². The Balaban J connectivity index is 2.50. The van der Waals surface area contributed by atoms with Crippen LogP contribution in [-0.4, -0.2) is 30.7 Å². The van der Waals surface area contributed by atoms with Gasteiger partial charge in [0.15, 0.2) is 0 Å². The van der Waals surface area contributed by atoms with Gasteiger partial charge in [0.2, 0.25) is 0 Å². The number of rotatable bonds is 2. The van der Waals surface area contributed by atoms with Gasteiger partial charge in [0, 0.05) is 17.1 Å². The van der Waals surface area contributed by atoms with Crippen LogP contribution in [0.15, 0.2) is 37.1 Å². The molecule has 0 saturated heterocycles. The Morgan fingerprint density at radius 3 is 2.83 bits per heavy atom. The van der Waals surface area contributed by atoms with Gasteiger partial charge in [-0.25, -0.2) is 0 Å². The molecular formula is C12H9N5O. The van der Waals surface area contributed by atoms with Crippen LogP contribution < -0.4 is 0 Å². The number of aromatic nitrogens is 5. The number of nitrogens with zero attached hydrogens (tertiary/aromatic N) is 5. The maximum absolute atomic E-state index is 9.92. The molecule has 88 valence electrons. The van der Waals surface area contributed by atoms with Crippen LogP contribution in [-0.2, 0) is 0 Å². The van der Waals surface area contributed by atoms with E-state index in [9.17, 15) is 5.11 Å². The average molecular weight is 239 g/mol. The molecule has 0 spiro atoms. The van der Waals surface area contributed by atoms with E-state index in [1.807, 2.05) is 6.07 Å². The molecule has 0 amide bonds. The van der Waals surface area contributed by atoms with Crippen LogP contribution in [0, 0.1) is 0 Å². The topological polar surface area (TPSA) is 84.7 Å². The molecule has 1 atom stereocenters. The first-order chi connectivity index (χ1) is 8.81. The van der Waals surface area contributed by atoms with Crippen molar-refractivity contribution in [3.8, 4) is 0 Å². The molecule has 6 heteroatoms. The second kappa shape index (κ2) is 4.08. The summed E-state index contributed by atoms with van der Waals surface area (Å²) in [6.45, 7) is 3.57. The highest BCUT2D eigenvalue weighted by molar-refractivity contribution is 6.02. The summed E-state index contributed by atoms with van der Waals surface area (Å²) in [4.78, 5) is 0. The molecule has 0 aliphatic carbocycles. The summed E-state index contributed by atoms with van der Waals surface area (Å²) in [6.07, 6.45) is 2.21. The van der Waals surface area contributed by atoms with E-state index in [-0.39, 0.29) is 0 Å². The number of fused-ring (bicyclic) bond motifs is 3. The lowest BCUT2D eigenvalue weighted by atomic mass is 10.0. The quantitative estimate of drug-likeness (QED) is 0.676. The summed E-state index contributed by atoms with van der Waals surface area (Å²) < 4.78 is 0. The summed E-state index contributed by atoms with van der Waals surface area (Å²) in [5.41, 5.74) is 2.29. The second-order valence-corrected chi connectivity index (χ2v) is 3.79. The van der Waals surface area contributed by atoms with Gasteiger partial charge in [0.1, 0.15) is 16.6 Å². The molecule has 0 fully saturated rings. The lowest BCUT2D eigenvalue weighted by Gasteiger charge is -2.06. The van der Waals surface area contributed by atoms with Crippen molar-refractivity contribution in [1.82, 2.24) is 25.6 Å². The molecule has 0 saturated carbocycles. The lowest BCUT2D eigenvalue weighted by molar-refractivity contribution is 0.230. The fraction of sp³-hybridized carbons (Fsp3) is 0.0833. The number of hydrogen-bond donors (Lipinski definition) is 1. The number of aliphatic hydroxyl groups is 1. The van der Waals surface area contributed by atoms with Crippen LogP contribution in [0.25, 0.3) is 21.9 Å². The summed E-state index contributed by atoms with van der Waals surface area (Å²) in [5.74, 6) is 0. The number of benzene rings is 1. The highest BCUT2D eigenvalue weighted by atomic mass is 16.3. The van der Waals surface area contributed by atoms with Gasteiger partial charge in [-0.3, -0.25) is 0 Å². The Labute approximate surface area is 102 Å². The monoisotopic (exact) mass is 239 g/mol. The minimum absolute atomic E-state index is 0.524.